The van der Waals surface area contributed by atoms with E-state index in [0.717, 1.165) is 18.5 Å². The van der Waals surface area contributed by atoms with Gasteiger partial charge in [-0.05, 0) is 18.9 Å². The van der Waals surface area contributed by atoms with E-state index in [4.69, 9.17) is 5.73 Å². The lowest BCUT2D eigenvalue weighted by Gasteiger charge is -2.13. The predicted octanol–water partition coefficient (Wildman–Crippen LogP) is 0.922. The SMILES string of the molecule is CCN(C)S(=O)(=O)c1cc(CN)n(C2CC2)c1. The summed E-state index contributed by atoms with van der Waals surface area (Å²) in [5, 5.41) is 0. The molecule has 1 heterocycles. The zero-order chi connectivity index (χ0) is 12.6. The molecule has 1 saturated carbocycles. The van der Waals surface area contributed by atoms with Crippen LogP contribution in [0.4, 0.5) is 0 Å². The highest BCUT2D eigenvalue weighted by Gasteiger charge is 2.28. The molecule has 0 saturated heterocycles. The second-order valence-corrected chi connectivity index (χ2v) is 6.47. The smallest absolute Gasteiger partial charge is 0.244 e. The van der Waals surface area contributed by atoms with Crippen LogP contribution in [0, 0.1) is 0 Å². The molecule has 0 atom stereocenters. The number of hydrogen-bond donors (Lipinski definition) is 1. The Morgan fingerprint density at radius 3 is 2.65 bits per heavy atom. The van der Waals surface area contributed by atoms with Crippen LogP contribution in [0.15, 0.2) is 17.2 Å². The lowest BCUT2D eigenvalue weighted by molar-refractivity contribution is 0.486. The second kappa shape index (κ2) is 4.44. The minimum absolute atomic E-state index is 0.356. The van der Waals surface area contributed by atoms with Gasteiger partial charge in [-0.2, -0.15) is 0 Å². The molecule has 0 unspecified atom stereocenters. The first-order valence-corrected chi connectivity index (χ1v) is 7.31. The van der Waals surface area contributed by atoms with Crippen molar-refractivity contribution < 1.29 is 8.42 Å². The van der Waals surface area contributed by atoms with Crippen LogP contribution >= 0.6 is 0 Å². The maximum atomic E-state index is 12.2. The van der Waals surface area contributed by atoms with Gasteiger partial charge in [0.15, 0.2) is 0 Å². The highest BCUT2D eigenvalue weighted by Crippen LogP contribution is 2.37. The topological polar surface area (TPSA) is 68.3 Å². The van der Waals surface area contributed by atoms with E-state index in [-0.39, 0.29) is 0 Å². The number of nitrogens with zero attached hydrogens (tertiary/aromatic N) is 2. The first-order chi connectivity index (χ1) is 8.00. The number of nitrogens with two attached hydrogens (primary N) is 1. The third kappa shape index (κ3) is 2.25. The van der Waals surface area contributed by atoms with Crippen LogP contribution in [-0.4, -0.2) is 30.9 Å². The molecule has 2 rings (SSSR count). The van der Waals surface area contributed by atoms with Gasteiger partial charge in [-0.3, -0.25) is 0 Å². The minimum Gasteiger partial charge on any atom is -0.346 e. The van der Waals surface area contributed by atoms with Gasteiger partial charge in [-0.1, -0.05) is 6.92 Å². The van der Waals surface area contributed by atoms with E-state index < -0.39 is 10.0 Å². The Balaban J connectivity index is 2.39. The van der Waals surface area contributed by atoms with Crippen LogP contribution in [0.2, 0.25) is 0 Å². The van der Waals surface area contributed by atoms with Crippen LogP contribution in [-0.2, 0) is 16.6 Å². The van der Waals surface area contributed by atoms with Gasteiger partial charge in [0, 0.05) is 38.1 Å². The summed E-state index contributed by atoms with van der Waals surface area (Å²) < 4.78 is 27.7. The molecule has 0 aromatic carbocycles. The fraction of sp³-hybridized carbons (Fsp3) is 0.636. The summed E-state index contributed by atoms with van der Waals surface area (Å²) in [7, 11) is -1.76. The monoisotopic (exact) mass is 257 g/mol. The molecule has 96 valence electrons. The number of rotatable bonds is 5. The van der Waals surface area contributed by atoms with Crippen molar-refractivity contribution in [1.82, 2.24) is 8.87 Å². The average molecular weight is 257 g/mol. The van der Waals surface area contributed by atoms with E-state index in [1.165, 1.54) is 4.31 Å². The summed E-state index contributed by atoms with van der Waals surface area (Å²) in [5.41, 5.74) is 6.55. The standard InChI is InChI=1S/C11H19N3O2S/c1-3-13(2)17(15,16)11-6-10(7-12)14(8-11)9-4-5-9/h6,8-9H,3-5,7,12H2,1-2H3. The summed E-state index contributed by atoms with van der Waals surface area (Å²) >= 11 is 0. The largest absolute Gasteiger partial charge is 0.346 e. The van der Waals surface area contributed by atoms with Crippen LogP contribution in [0.5, 0.6) is 0 Å². The van der Waals surface area contributed by atoms with E-state index >= 15 is 0 Å². The van der Waals surface area contributed by atoms with E-state index in [2.05, 4.69) is 0 Å². The van der Waals surface area contributed by atoms with Gasteiger partial charge in [-0.25, -0.2) is 12.7 Å². The van der Waals surface area contributed by atoms with E-state index in [9.17, 15) is 8.42 Å². The highest BCUT2D eigenvalue weighted by atomic mass is 32.2. The molecule has 1 aliphatic carbocycles. The van der Waals surface area contributed by atoms with E-state index in [0.29, 0.717) is 24.0 Å². The quantitative estimate of drug-likeness (QED) is 0.853. The Labute approximate surface area is 102 Å². The van der Waals surface area contributed by atoms with Gasteiger partial charge in [0.1, 0.15) is 4.90 Å². The molecule has 17 heavy (non-hydrogen) atoms. The van der Waals surface area contributed by atoms with Crippen LogP contribution < -0.4 is 5.73 Å². The van der Waals surface area contributed by atoms with Gasteiger partial charge in [0.2, 0.25) is 10.0 Å². The van der Waals surface area contributed by atoms with Crippen LogP contribution in [0.25, 0.3) is 0 Å². The average Bonchev–Trinajstić information content (AvgIpc) is 3.06. The summed E-state index contributed by atoms with van der Waals surface area (Å²) in [6, 6.07) is 2.14. The lowest BCUT2D eigenvalue weighted by atomic mass is 10.4. The van der Waals surface area contributed by atoms with Crippen molar-refractivity contribution in [3.63, 3.8) is 0 Å². The van der Waals surface area contributed by atoms with Crippen molar-refractivity contribution in [1.29, 1.82) is 0 Å². The molecule has 1 aromatic rings. The molecule has 0 spiro atoms. The lowest BCUT2D eigenvalue weighted by Crippen LogP contribution is -2.26. The molecular weight excluding hydrogens is 238 g/mol. The van der Waals surface area contributed by atoms with Crippen molar-refractivity contribution in [3.8, 4) is 0 Å². The fourth-order valence-electron chi connectivity index (χ4n) is 1.84. The van der Waals surface area contributed by atoms with Gasteiger partial charge in [-0.15, -0.1) is 0 Å². The molecule has 1 aromatic heterocycles. The Kier molecular flexibility index (Phi) is 3.29. The first-order valence-electron chi connectivity index (χ1n) is 5.87. The molecule has 0 radical (unpaired) electrons. The van der Waals surface area contributed by atoms with Crippen LogP contribution in [0.3, 0.4) is 0 Å². The fourth-order valence-corrected chi connectivity index (χ4v) is 3.08. The van der Waals surface area contributed by atoms with Gasteiger partial charge in [0.25, 0.3) is 0 Å². The summed E-state index contributed by atoms with van der Waals surface area (Å²) in [5.74, 6) is 0. The number of hydrogen-bond acceptors (Lipinski definition) is 3. The van der Waals surface area contributed by atoms with Crippen LogP contribution in [0.1, 0.15) is 31.5 Å². The molecule has 1 fully saturated rings. The third-order valence-corrected chi connectivity index (χ3v) is 5.11. The predicted molar refractivity (Wildman–Crippen MR) is 66.1 cm³/mol. The zero-order valence-corrected chi connectivity index (χ0v) is 11.1. The van der Waals surface area contributed by atoms with Crippen molar-refractivity contribution in [2.75, 3.05) is 13.6 Å². The maximum absolute atomic E-state index is 12.2. The summed E-state index contributed by atoms with van der Waals surface area (Å²) in [4.78, 5) is 0.356. The molecule has 0 amide bonds. The van der Waals surface area contributed by atoms with E-state index in [1.807, 2.05) is 11.5 Å². The minimum atomic E-state index is -3.35. The number of sulfonamides is 1. The summed E-state index contributed by atoms with van der Waals surface area (Å²) in [6.07, 6.45) is 3.96. The molecule has 6 heteroatoms. The Bertz CT molecular complexity index is 503. The van der Waals surface area contributed by atoms with Crippen molar-refractivity contribution in [2.45, 2.75) is 37.2 Å². The summed E-state index contributed by atoms with van der Waals surface area (Å²) in [6.45, 7) is 2.66. The molecule has 2 N–H and O–H groups in total. The maximum Gasteiger partial charge on any atom is 0.244 e. The molecule has 0 bridgehead atoms. The molecule has 5 nitrogen and oxygen atoms in total. The first kappa shape index (κ1) is 12.6. The third-order valence-electron chi connectivity index (χ3n) is 3.21. The van der Waals surface area contributed by atoms with E-state index in [1.54, 1.807) is 19.3 Å². The normalized spacial score (nSPS) is 16.7. The number of aromatic nitrogens is 1. The molecule has 0 aliphatic heterocycles. The highest BCUT2D eigenvalue weighted by molar-refractivity contribution is 7.89. The zero-order valence-electron chi connectivity index (χ0n) is 10.3. The van der Waals surface area contributed by atoms with Crippen molar-refractivity contribution >= 4 is 10.0 Å². The Morgan fingerprint density at radius 1 is 1.53 bits per heavy atom. The van der Waals surface area contributed by atoms with Gasteiger partial charge < -0.3 is 10.3 Å². The second-order valence-electron chi connectivity index (χ2n) is 4.43. The van der Waals surface area contributed by atoms with Crippen molar-refractivity contribution in [2.24, 2.45) is 5.73 Å². The van der Waals surface area contributed by atoms with Gasteiger partial charge >= 0.3 is 0 Å². The Hall–Kier alpha value is -0.850. The van der Waals surface area contributed by atoms with Crippen molar-refractivity contribution in [3.05, 3.63) is 18.0 Å². The molecular formula is C11H19N3O2S. The Morgan fingerprint density at radius 2 is 2.18 bits per heavy atom. The van der Waals surface area contributed by atoms with Gasteiger partial charge in [0.05, 0.1) is 0 Å². The molecule has 1 aliphatic rings.